The van der Waals surface area contributed by atoms with Crippen molar-refractivity contribution >= 4 is 16.8 Å². The predicted molar refractivity (Wildman–Crippen MR) is 79.7 cm³/mol. The number of benzene rings is 2. The maximum Gasteiger partial charge on any atom is 0.272 e. The molecule has 0 spiro atoms. The Balaban J connectivity index is 1.74. The number of halogens is 2. The number of amides is 1. The second kappa shape index (κ2) is 6.13. The molecule has 0 aliphatic heterocycles. The number of H-pyrrole nitrogens is 1. The number of carbonyl (C=O) groups excluding carboxylic acids is 1. The van der Waals surface area contributed by atoms with E-state index in [1.54, 1.807) is 24.3 Å². The van der Waals surface area contributed by atoms with Gasteiger partial charge in [-0.1, -0.05) is 24.3 Å². The first-order valence-corrected chi connectivity index (χ1v) is 6.91. The van der Waals surface area contributed by atoms with Crippen molar-refractivity contribution in [1.29, 1.82) is 0 Å². The third-order valence-corrected chi connectivity index (χ3v) is 3.47. The van der Waals surface area contributed by atoms with Crippen LogP contribution >= 0.6 is 0 Å². The highest BCUT2D eigenvalue weighted by atomic mass is 19.1. The SMILES string of the molecule is O=C(NCC(O)c1c(F)cccc1F)c1n[nH]c2ccccc12. The van der Waals surface area contributed by atoms with Crippen molar-refractivity contribution in [1.82, 2.24) is 15.5 Å². The first kappa shape index (κ1) is 15.1. The Morgan fingerprint density at radius 3 is 2.61 bits per heavy atom. The number of nitrogens with zero attached hydrogens (tertiary/aromatic N) is 1. The van der Waals surface area contributed by atoms with Gasteiger partial charge in [-0.25, -0.2) is 8.78 Å². The molecule has 1 heterocycles. The smallest absolute Gasteiger partial charge is 0.272 e. The number of carbonyl (C=O) groups is 1. The third-order valence-electron chi connectivity index (χ3n) is 3.47. The molecule has 0 saturated carbocycles. The van der Waals surface area contributed by atoms with Gasteiger partial charge in [-0.15, -0.1) is 0 Å². The van der Waals surface area contributed by atoms with E-state index in [-0.39, 0.29) is 12.2 Å². The van der Waals surface area contributed by atoms with E-state index in [2.05, 4.69) is 15.5 Å². The van der Waals surface area contributed by atoms with Gasteiger partial charge in [-0.05, 0) is 18.2 Å². The molecule has 0 saturated heterocycles. The lowest BCUT2D eigenvalue weighted by molar-refractivity contribution is 0.0908. The molecule has 7 heteroatoms. The molecule has 0 fully saturated rings. The fraction of sp³-hybridized carbons (Fsp3) is 0.125. The summed E-state index contributed by atoms with van der Waals surface area (Å²) in [6.07, 6.45) is -1.50. The molecule has 3 N–H and O–H groups in total. The van der Waals surface area contributed by atoms with Crippen LogP contribution in [0.1, 0.15) is 22.2 Å². The molecule has 0 aliphatic carbocycles. The largest absolute Gasteiger partial charge is 0.386 e. The highest BCUT2D eigenvalue weighted by Crippen LogP contribution is 2.20. The zero-order valence-corrected chi connectivity index (χ0v) is 11.9. The Bertz CT molecular complexity index is 843. The van der Waals surface area contributed by atoms with Crippen LogP contribution in [0.4, 0.5) is 8.78 Å². The quantitative estimate of drug-likeness (QED) is 0.691. The van der Waals surface area contributed by atoms with E-state index in [9.17, 15) is 18.7 Å². The van der Waals surface area contributed by atoms with Crippen LogP contribution in [0, 0.1) is 11.6 Å². The van der Waals surface area contributed by atoms with Crippen LogP contribution in [0.5, 0.6) is 0 Å². The van der Waals surface area contributed by atoms with Gasteiger partial charge in [0, 0.05) is 11.9 Å². The molecule has 5 nitrogen and oxygen atoms in total. The van der Waals surface area contributed by atoms with Crippen LogP contribution in [-0.2, 0) is 0 Å². The summed E-state index contributed by atoms with van der Waals surface area (Å²) >= 11 is 0. The maximum atomic E-state index is 13.6. The maximum absolute atomic E-state index is 13.6. The van der Waals surface area contributed by atoms with Crippen molar-refractivity contribution in [2.45, 2.75) is 6.10 Å². The molecular formula is C16H13F2N3O2. The lowest BCUT2D eigenvalue weighted by Crippen LogP contribution is -2.29. The minimum absolute atomic E-state index is 0.154. The number of rotatable bonds is 4. The Morgan fingerprint density at radius 1 is 1.17 bits per heavy atom. The van der Waals surface area contributed by atoms with Gasteiger partial charge in [0.05, 0.1) is 11.1 Å². The number of aromatic nitrogens is 2. The summed E-state index contributed by atoms with van der Waals surface area (Å²) in [5.41, 5.74) is 0.375. The molecular weight excluding hydrogens is 304 g/mol. The van der Waals surface area contributed by atoms with Crippen molar-refractivity contribution in [3.63, 3.8) is 0 Å². The van der Waals surface area contributed by atoms with Crippen molar-refractivity contribution in [2.75, 3.05) is 6.54 Å². The molecule has 2 aromatic carbocycles. The first-order valence-electron chi connectivity index (χ1n) is 6.91. The zero-order valence-electron chi connectivity index (χ0n) is 11.9. The number of aliphatic hydroxyl groups is 1. The lowest BCUT2D eigenvalue weighted by atomic mass is 10.1. The summed E-state index contributed by atoms with van der Waals surface area (Å²) in [7, 11) is 0. The van der Waals surface area contributed by atoms with Crippen LogP contribution in [0.3, 0.4) is 0 Å². The predicted octanol–water partition coefficient (Wildman–Crippen LogP) is 2.30. The number of para-hydroxylation sites is 1. The van der Waals surface area contributed by atoms with Crippen LogP contribution in [0.25, 0.3) is 10.9 Å². The van der Waals surface area contributed by atoms with Gasteiger partial charge >= 0.3 is 0 Å². The fourth-order valence-electron chi connectivity index (χ4n) is 2.34. The van der Waals surface area contributed by atoms with Gasteiger partial charge in [-0.2, -0.15) is 5.10 Å². The van der Waals surface area contributed by atoms with E-state index in [1.807, 2.05) is 0 Å². The van der Waals surface area contributed by atoms with Crippen LogP contribution < -0.4 is 5.32 Å². The van der Waals surface area contributed by atoms with E-state index in [4.69, 9.17) is 0 Å². The lowest BCUT2D eigenvalue weighted by Gasteiger charge is -2.13. The average molecular weight is 317 g/mol. The zero-order chi connectivity index (χ0) is 16.4. The minimum Gasteiger partial charge on any atom is -0.386 e. The van der Waals surface area contributed by atoms with Gasteiger partial charge in [0.25, 0.3) is 5.91 Å². The van der Waals surface area contributed by atoms with Crippen molar-refractivity contribution in [3.05, 3.63) is 65.4 Å². The number of aliphatic hydroxyl groups excluding tert-OH is 1. The minimum atomic E-state index is -1.50. The van der Waals surface area contributed by atoms with E-state index in [0.717, 1.165) is 12.1 Å². The van der Waals surface area contributed by atoms with Crippen LogP contribution in [-0.4, -0.2) is 27.8 Å². The third kappa shape index (κ3) is 2.91. The molecule has 0 radical (unpaired) electrons. The van der Waals surface area contributed by atoms with Crippen molar-refractivity contribution in [2.24, 2.45) is 0 Å². The molecule has 1 aromatic heterocycles. The van der Waals surface area contributed by atoms with E-state index < -0.39 is 29.2 Å². The normalized spacial score (nSPS) is 12.3. The van der Waals surface area contributed by atoms with Crippen molar-refractivity contribution in [3.8, 4) is 0 Å². The summed E-state index contributed by atoms with van der Waals surface area (Å²) in [6.45, 7) is -0.335. The highest BCUT2D eigenvalue weighted by Gasteiger charge is 2.20. The second-order valence-corrected chi connectivity index (χ2v) is 4.98. The number of hydrogen-bond acceptors (Lipinski definition) is 3. The Labute approximate surface area is 129 Å². The summed E-state index contributed by atoms with van der Waals surface area (Å²) in [6, 6.07) is 10.3. The first-order chi connectivity index (χ1) is 11.1. The summed E-state index contributed by atoms with van der Waals surface area (Å²) < 4.78 is 27.2. The molecule has 118 valence electrons. The van der Waals surface area contributed by atoms with Gasteiger partial charge in [-0.3, -0.25) is 9.89 Å². The summed E-state index contributed by atoms with van der Waals surface area (Å²) in [4.78, 5) is 12.1. The number of hydrogen-bond donors (Lipinski definition) is 3. The number of aromatic amines is 1. The van der Waals surface area contributed by atoms with Gasteiger partial charge in [0.2, 0.25) is 0 Å². The molecule has 1 amide bonds. The fourth-order valence-corrected chi connectivity index (χ4v) is 2.34. The van der Waals surface area contributed by atoms with Gasteiger partial charge < -0.3 is 10.4 Å². The average Bonchev–Trinajstić information content (AvgIpc) is 2.96. The number of fused-ring (bicyclic) bond motifs is 1. The molecule has 0 aliphatic rings. The monoisotopic (exact) mass is 317 g/mol. The Morgan fingerprint density at radius 2 is 1.87 bits per heavy atom. The van der Waals surface area contributed by atoms with Crippen molar-refractivity contribution < 1.29 is 18.7 Å². The molecule has 1 atom stereocenters. The summed E-state index contributed by atoms with van der Waals surface area (Å²) in [5.74, 6) is -2.27. The molecule has 23 heavy (non-hydrogen) atoms. The van der Waals surface area contributed by atoms with E-state index in [1.165, 1.54) is 6.07 Å². The molecule has 3 aromatic rings. The van der Waals surface area contributed by atoms with E-state index in [0.29, 0.717) is 10.9 Å². The Hall–Kier alpha value is -2.80. The van der Waals surface area contributed by atoms with E-state index >= 15 is 0 Å². The van der Waals surface area contributed by atoms with Crippen LogP contribution in [0.2, 0.25) is 0 Å². The standard InChI is InChI=1S/C16H13F2N3O2/c17-10-5-3-6-11(18)14(10)13(22)8-19-16(23)15-9-4-1-2-7-12(9)20-21-15/h1-7,13,22H,8H2,(H,19,23)(H,20,21). The Kier molecular flexibility index (Phi) is 4.03. The second-order valence-electron chi connectivity index (χ2n) is 4.98. The highest BCUT2D eigenvalue weighted by molar-refractivity contribution is 6.04. The molecule has 0 bridgehead atoms. The molecule has 1 unspecified atom stereocenters. The van der Waals surface area contributed by atoms with Gasteiger partial charge in [0.15, 0.2) is 5.69 Å². The van der Waals surface area contributed by atoms with Crippen LogP contribution in [0.15, 0.2) is 42.5 Å². The summed E-state index contributed by atoms with van der Waals surface area (Å²) in [5, 5.41) is 19.6. The van der Waals surface area contributed by atoms with Gasteiger partial charge in [0.1, 0.15) is 17.7 Å². The topological polar surface area (TPSA) is 78.0 Å². The number of nitrogens with one attached hydrogen (secondary N) is 2. The molecule has 3 rings (SSSR count).